The predicted octanol–water partition coefficient (Wildman–Crippen LogP) is 1.80. The smallest absolute Gasteiger partial charge is 0.124 e. The maximum absolute atomic E-state index is 10.5. The van der Waals surface area contributed by atoms with Crippen LogP contribution < -0.4 is 4.74 Å². The van der Waals surface area contributed by atoms with E-state index in [1.54, 1.807) is 7.11 Å². The molecular weight excluding hydrogens is 254 g/mol. The van der Waals surface area contributed by atoms with Gasteiger partial charge in [-0.3, -0.25) is 0 Å². The highest BCUT2D eigenvalue weighted by Crippen LogP contribution is 2.29. The third-order valence-corrected chi connectivity index (χ3v) is 4.19. The summed E-state index contributed by atoms with van der Waals surface area (Å²) in [5.74, 6) is 0.748. The molecule has 1 atom stereocenters. The maximum Gasteiger partial charge on any atom is 0.124 e. The van der Waals surface area contributed by atoms with E-state index < -0.39 is 6.10 Å². The second kappa shape index (κ2) is 6.57. The molecule has 0 aliphatic carbocycles. The van der Waals surface area contributed by atoms with Crippen molar-refractivity contribution in [1.29, 1.82) is 0 Å². The number of piperidine rings is 1. The van der Waals surface area contributed by atoms with Crippen LogP contribution in [0.15, 0.2) is 12.1 Å². The lowest BCUT2D eigenvalue weighted by Gasteiger charge is -2.31. The van der Waals surface area contributed by atoms with Crippen LogP contribution in [0, 0.1) is 13.8 Å². The van der Waals surface area contributed by atoms with Gasteiger partial charge in [0.1, 0.15) is 5.75 Å². The fraction of sp³-hybridized carbons (Fsp3) is 0.625. The lowest BCUT2D eigenvalue weighted by Crippen LogP contribution is -2.38. The van der Waals surface area contributed by atoms with Gasteiger partial charge in [0.05, 0.1) is 19.3 Å². The van der Waals surface area contributed by atoms with Crippen LogP contribution >= 0.6 is 0 Å². The van der Waals surface area contributed by atoms with E-state index in [9.17, 15) is 10.2 Å². The summed E-state index contributed by atoms with van der Waals surface area (Å²) in [7, 11) is 1.64. The Bertz CT molecular complexity index is 453. The standard InChI is InChI=1S/C16H25NO3/c1-11-8-14(16(20-3)9-12(11)2)15(19)10-17-6-4-13(18)5-7-17/h8-9,13,15,18-19H,4-7,10H2,1-3H3. The van der Waals surface area contributed by atoms with E-state index in [2.05, 4.69) is 4.90 Å². The number of aliphatic hydroxyl groups is 2. The Balaban J connectivity index is 2.08. The molecule has 1 aromatic carbocycles. The highest BCUT2D eigenvalue weighted by atomic mass is 16.5. The van der Waals surface area contributed by atoms with Gasteiger partial charge in [0.2, 0.25) is 0 Å². The number of hydrogen-bond acceptors (Lipinski definition) is 4. The molecule has 0 spiro atoms. The van der Waals surface area contributed by atoms with Gasteiger partial charge in [0.25, 0.3) is 0 Å². The van der Waals surface area contributed by atoms with Crippen LogP contribution in [0.5, 0.6) is 5.75 Å². The van der Waals surface area contributed by atoms with Gasteiger partial charge in [-0.1, -0.05) is 0 Å². The van der Waals surface area contributed by atoms with E-state index in [-0.39, 0.29) is 6.10 Å². The van der Waals surface area contributed by atoms with Gasteiger partial charge in [-0.2, -0.15) is 0 Å². The van der Waals surface area contributed by atoms with Gasteiger partial charge in [0.15, 0.2) is 0 Å². The summed E-state index contributed by atoms with van der Waals surface area (Å²) in [6, 6.07) is 3.99. The molecule has 4 heteroatoms. The van der Waals surface area contributed by atoms with Crippen molar-refractivity contribution < 1.29 is 14.9 Å². The van der Waals surface area contributed by atoms with Gasteiger partial charge in [-0.25, -0.2) is 0 Å². The Labute approximate surface area is 121 Å². The van der Waals surface area contributed by atoms with Gasteiger partial charge in [-0.15, -0.1) is 0 Å². The first-order chi connectivity index (χ1) is 9.51. The molecule has 1 unspecified atom stereocenters. The number of β-amino-alcohol motifs (C(OH)–C–C–N with tert-alkyl or cyclic N) is 1. The van der Waals surface area contributed by atoms with E-state index >= 15 is 0 Å². The zero-order valence-electron chi connectivity index (χ0n) is 12.6. The molecule has 0 saturated carbocycles. The molecule has 1 saturated heterocycles. The fourth-order valence-corrected chi connectivity index (χ4v) is 2.69. The first-order valence-electron chi connectivity index (χ1n) is 7.25. The molecule has 112 valence electrons. The lowest BCUT2D eigenvalue weighted by molar-refractivity contribution is 0.0501. The minimum atomic E-state index is -0.556. The number of methoxy groups -OCH3 is 1. The summed E-state index contributed by atoms with van der Waals surface area (Å²) in [6.07, 6.45) is 0.840. The van der Waals surface area contributed by atoms with Gasteiger partial charge >= 0.3 is 0 Å². The van der Waals surface area contributed by atoms with Gasteiger partial charge in [0, 0.05) is 25.2 Å². The van der Waals surface area contributed by atoms with Crippen molar-refractivity contribution in [2.24, 2.45) is 0 Å². The summed E-state index contributed by atoms with van der Waals surface area (Å²) in [5.41, 5.74) is 3.18. The topological polar surface area (TPSA) is 52.9 Å². The summed E-state index contributed by atoms with van der Waals surface area (Å²) in [4.78, 5) is 2.20. The Morgan fingerprint density at radius 3 is 2.45 bits per heavy atom. The highest BCUT2D eigenvalue weighted by Gasteiger charge is 2.22. The Kier molecular flexibility index (Phi) is 5.02. The molecule has 0 aromatic heterocycles. The Morgan fingerprint density at radius 2 is 1.85 bits per heavy atom. The quantitative estimate of drug-likeness (QED) is 0.882. The normalized spacial score (nSPS) is 19.1. The van der Waals surface area contributed by atoms with E-state index in [1.165, 1.54) is 5.56 Å². The maximum atomic E-state index is 10.5. The summed E-state index contributed by atoms with van der Waals surface area (Å²) < 4.78 is 5.39. The number of hydrogen-bond donors (Lipinski definition) is 2. The summed E-state index contributed by atoms with van der Waals surface area (Å²) >= 11 is 0. The van der Waals surface area contributed by atoms with Crippen LogP contribution in [0.3, 0.4) is 0 Å². The zero-order chi connectivity index (χ0) is 14.7. The molecule has 1 fully saturated rings. The summed E-state index contributed by atoms with van der Waals surface area (Å²) in [6.45, 7) is 6.35. The van der Waals surface area contributed by atoms with Crippen molar-refractivity contribution >= 4 is 0 Å². The number of rotatable bonds is 4. The second-order valence-corrected chi connectivity index (χ2v) is 5.73. The van der Waals surface area contributed by atoms with Crippen LogP contribution in [-0.2, 0) is 0 Å². The van der Waals surface area contributed by atoms with Gasteiger partial charge < -0.3 is 19.8 Å². The molecule has 2 rings (SSSR count). The van der Waals surface area contributed by atoms with Crippen molar-refractivity contribution in [1.82, 2.24) is 4.90 Å². The van der Waals surface area contributed by atoms with Crippen molar-refractivity contribution in [3.05, 3.63) is 28.8 Å². The van der Waals surface area contributed by atoms with E-state index in [1.807, 2.05) is 26.0 Å². The molecule has 0 radical (unpaired) electrons. The first kappa shape index (κ1) is 15.3. The molecule has 0 amide bonds. The average Bonchev–Trinajstić information content (AvgIpc) is 2.43. The fourth-order valence-electron chi connectivity index (χ4n) is 2.69. The first-order valence-corrected chi connectivity index (χ1v) is 7.25. The molecule has 0 bridgehead atoms. The Hall–Kier alpha value is -1.10. The van der Waals surface area contributed by atoms with E-state index in [0.29, 0.717) is 6.54 Å². The number of likely N-dealkylation sites (tertiary alicyclic amines) is 1. The van der Waals surface area contributed by atoms with Crippen molar-refractivity contribution in [3.8, 4) is 5.75 Å². The van der Waals surface area contributed by atoms with Crippen LogP contribution in [0.25, 0.3) is 0 Å². The van der Waals surface area contributed by atoms with Crippen molar-refractivity contribution in [2.75, 3.05) is 26.7 Å². The minimum absolute atomic E-state index is 0.181. The third-order valence-electron chi connectivity index (χ3n) is 4.19. The Morgan fingerprint density at radius 1 is 1.25 bits per heavy atom. The van der Waals surface area contributed by atoms with Crippen LogP contribution in [-0.4, -0.2) is 48.0 Å². The number of ether oxygens (including phenoxy) is 1. The largest absolute Gasteiger partial charge is 0.496 e. The van der Waals surface area contributed by atoms with Crippen molar-refractivity contribution in [3.63, 3.8) is 0 Å². The van der Waals surface area contributed by atoms with E-state index in [4.69, 9.17) is 4.74 Å². The highest BCUT2D eigenvalue weighted by molar-refractivity contribution is 5.43. The minimum Gasteiger partial charge on any atom is -0.496 e. The molecule has 1 aliphatic heterocycles. The number of benzene rings is 1. The molecule has 1 aromatic rings. The van der Waals surface area contributed by atoms with E-state index in [0.717, 1.165) is 42.8 Å². The van der Waals surface area contributed by atoms with Gasteiger partial charge in [-0.05, 0) is 49.9 Å². The third kappa shape index (κ3) is 3.51. The number of aryl methyl sites for hydroxylation is 2. The molecule has 2 N–H and O–H groups in total. The average molecular weight is 279 g/mol. The van der Waals surface area contributed by atoms with Crippen molar-refractivity contribution in [2.45, 2.75) is 38.9 Å². The number of nitrogens with zero attached hydrogens (tertiary/aromatic N) is 1. The molecular formula is C16H25NO3. The van der Waals surface area contributed by atoms with Crippen LogP contribution in [0.2, 0.25) is 0 Å². The monoisotopic (exact) mass is 279 g/mol. The second-order valence-electron chi connectivity index (χ2n) is 5.73. The lowest BCUT2D eigenvalue weighted by atomic mass is 10.00. The molecule has 1 aliphatic rings. The molecule has 1 heterocycles. The molecule has 4 nitrogen and oxygen atoms in total. The predicted molar refractivity (Wildman–Crippen MR) is 79.1 cm³/mol. The van der Waals surface area contributed by atoms with Crippen LogP contribution in [0.1, 0.15) is 35.6 Å². The SMILES string of the molecule is COc1cc(C)c(C)cc1C(O)CN1CCC(O)CC1. The zero-order valence-corrected chi connectivity index (χ0v) is 12.6. The van der Waals surface area contributed by atoms with Crippen LogP contribution in [0.4, 0.5) is 0 Å². The molecule has 20 heavy (non-hydrogen) atoms. The summed E-state index contributed by atoms with van der Waals surface area (Å²) in [5, 5.41) is 20.0. The number of aliphatic hydroxyl groups excluding tert-OH is 2.